The molecular formula is C25H29N3O2. The number of methoxy groups -OCH3 is 1. The number of ether oxygens (including phenoxy) is 1. The lowest BCUT2D eigenvalue weighted by atomic mass is 9.94. The van der Waals surface area contributed by atoms with E-state index in [0.29, 0.717) is 6.54 Å². The number of aromatic nitrogens is 1. The summed E-state index contributed by atoms with van der Waals surface area (Å²) in [6.45, 7) is 3.47. The Kier molecular flexibility index (Phi) is 6.17. The summed E-state index contributed by atoms with van der Waals surface area (Å²) >= 11 is 0. The van der Waals surface area contributed by atoms with Crippen molar-refractivity contribution in [1.29, 1.82) is 0 Å². The fourth-order valence-corrected chi connectivity index (χ4v) is 4.38. The van der Waals surface area contributed by atoms with Crippen molar-refractivity contribution in [2.24, 2.45) is 0 Å². The molecule has 30 heavy (non-hydrogen) atoms. The van der Waals surface area contributed by atoms with Crippen molar-refractivity contribution in [1.82, 2.24) is 15.2 Å². The van der Waals surface area contributed by atoms with E-state index in [1.807, 2.05) is 24.0 Å². The van der Waals surface area contributed by atoms with Crippen LogP contribution in [0.15, 0.2) is 54.7 Å². The first-order valence-corrected chi connectivity index (χ1v) is 10.8. The van der Waals surface area contributed by atoms with Gasteiger partial charge in [-0.15, -0.1) is 0 Å². The Morgan fingerprint density at radius 2 is 2.00 bits per heavy atom. The van der Waals surface area contributed by atoms with Crippen LogP contribution < -0.4 is 10.1 Å². The number of pyridine rings is 1. The van der Waals surface area contributed by atoms with Crippen molar-refractivity contribution in [3.63, 3.8) is 0 Å². The van der Waals surface area contributed by atoms with E-state index in [2.05, 4.69) is 46.7 Å². The van der Waals surface area contributed by atoms with Gasteiger partial charge in [-0.3, -0.25) is 4.98 Å². The van der Waals surface area contributed by atoms with Gasteiger partial charge in [-0.05, 0) is 55.9 Å². The van der Waals surface area contributed by atoms with E-state index < -0.39 is 0 Å². The van der Waals surface area contributed by atoms with Crippen molar-refractivity contribution in [3.05, 3.63) is 60.3 Å². The number of amides is 2. The summed E-state index contributed by atoms with van der Waals surface area (Å²) < 4.78 is 5.71. The average molecular weight is 404 g/mol. The molecule has 2 amide bonds. The first-order chi connectivity index (χ1) is 14.7. The van der Waals surface area contributed by atoms with E-state index >= 15 is 0 Å². The summed E-state index contributed by atoms with van der Waals surface area (Å²) in [5.41, 5.74) is 4.27. The van der Waals surface area contributed by atoms with Crippen molar-refractivity contribution in [2.75, 3.05) is 20.2 Å². The molecule has 1 saturated heterocycles. The smallest absolute Gasteiger partial charge is 0.317 e. The highest BCUT2D eigenvalue weighted by atomic mass is 16.5. The lowest BCUT2D eigenvalue weighted by molar-refractivity contribution is 0.151. The van der Waals surface area contributed by atoms with Crippen LogP contribution in [0.1, 0.15) is 31.7 Å². The summed E-state index contributed by atoms with van der Waals surface area (Å²) in [5.74, 6) is 0.801. The second kappa shape index (κ2) is 9.16. The van der Waals surface area contributed by atoms with Crippen LogP contribution in [-0.2, 0) is 6.42 Å². The quantitative estimate of drug-likeness (QED) is 0.650. The zero-order chi connectivity index (χ0) is 20.9. The number of piperidine rings is 1. The maximum atomic E-state index is 12.4. The minimum atomic E-state index is 0.0622. The third kappa shape index (κ3) is 4.11. The Balaban J connectivity index is 1.56. The standard InChI is InChI=1S/C25H29N3O2/c1-3-26-25(29)28-16-5-4-8-21(28)17-18-9-11-19(12-10-18)22-14-13-20-7-6-15-27-23(20)24(22)30-2/h6-7,9-15,21H,3-5,8,16-17H2,1-2H3,(H,26,29). The van der Waals surface area contributed by atoms with Gasteiger partial charge in [-0.2, -0.15) is 0 Å². The number of carbonyl (C=O) groups excluding carboxylic acids is 1. The molecule has 3 aromatic rings. The minimum absolute atomic E-state index is 0.0622. The molecule has 0 aliphatic carbocycles. The lowest BCUT2D eigenvalue weighted by Gasteiger charge is -2.35. The van der Waals surface area contributed by atoms with E-state index in [-0.39, 0.29) is 12.1 Å². The highest BCUT2D eigenvalue weighted by Gasteiger charge is 2.26. The van der Waals surface area contributed by atoms with Crippen molar-refractivity contribution >= 4 is 16.9 Å². The Labute approximate surface area is 178 Å². The third-order valence-corrected chi connectivity index (χ3v) is 5.88. The number of rotatable bonds is 5. The van der Waals surface area contributed by atoms with E-state index in [4.69, 9.17) is 4.74 Å². The Hall–Kier alpha value is -3.08. The fourth-order valence-electron chi connectivity index (χ4n) is 4.38. The van der Waals surface area contributed by atoms with Crippen LogP contribution in [-0.4, -0.2) is 42.2 Å². The maximum Gasteiger partial charge on any atom is 0.317 e. The minimum Gasteiger partial charge on any atom is -0.494 e. The second-order valence-corrected chi connectivity index (χ2v) is 7.80. The highest BCUT2D eigenvalue weighted by Crippen LogP contribution is 2.35. The van der Waals surface area contributed by atoms with Gasteiger partial charge in [-0.25, -0.2) is 4.79 Å². The van der Waals surface area contributed by atoms with E-state index in [1.165, 1.54) is 12.0 Å². The molecule has 1 atom stereocenters. The monoisotopic (exact) mass is 403 g/mol. The van der Waals surface area contributed by atoms with Gasteiger partial charge < -0.3 is 15.0 Å². The fraction of sp³-hybridized carbons (Fsp3) is 0.360. The van der Waals surface area contributed by atoms with Crippen LogP contribution in [0.2, 0.25) is 0 Å². The molecule has 1 N–H and O–H groups in total. The second-order valence-electron chi connectivity index (χ2n) is 7.80. The first kappa shape index (κ1) is 20.2. The predicted molar refractivity (Wildman–Crippen MR) is 121 cm³/mol. The van der Waals surface area contributed by atoms with Gasteiger partial charge in [-0.1, -0.05) is 36.4 Å². The number of nitrogens with zero attached hydrogens (tertiary/aromatic N) is 2. The molecule has 0 spiro atoms. The summed E-state index contributed by atoms with van der Waals surface area (Å²) in [6.07, 6.45) is 6.00. The number of urea groups is 1. The van der Waals surface area contributed by atoms with Gasteiger partial charge in [0.05, 0.1) is 7.11 Å². The van der Waals surface area contributed by atoms with Gasteiger partial charge in [0.2, 0.25) is 0 Å². The SMILES string of the molecule is CCNC(=O)N1CCCCC1Cc1ccc(-c2ccc3cccnc3c2OC)cc1. The van der Waals surface area contributed by atoms with Crippen molar-refractivity contribution in [3.8, 4) is 16.9 Å². The molecule has 0 saturated carbocycles. The normalized spacial score (nSPS) is 16.5. The van der Waals surface area contributed by atoms with E-state index in [9.17, 15) is 4.79 Å². The molecule has 4 rings (SSSR count). The van der Waals surface area contributed by atoms with Crippen LogP contribution in [0, 0.1) is 0 Å². The molecule has 0 bridgehead atoms. The van der Waals surface area contributed by atoms with Gasteiger partial charge in [0, 0.05) is 36.3 Å². The molecule has 5 nitrogen and oxygen atoms in total. The van der Waals surface area contributed by atoms with Crippen LogP contribution in [0.4, 0.5) is 4.79 Å². The zero-order valence-electron chi connectivity index (χ0n) is 17.7. The van der Waals surface area contributed by atoms with Crippen LogP contribution in [0.3, 0.4) is 0 Å². The molecular weight excluding hydrogens is 374 g/mol. The predicted octanol–water partition coefficient (Wildman–Crippen LogP) is 5.04. The van der Waals surface area contributed by atoms with Gasteiger partial charge in [0.15, 0.2) is 5.75 Å². The van der Waals surface area contributed by atoms with Crippen molar-refractivity contribution < 1.29 is 9.53 Å². The first-order valence-electron chi connectivity index (χ1n) is 10.8. The summed E-state index contributed by atoms with van der Waals surface area (Å²) in [5, 5.41) is 4.02. The van der Waals surface area contributed by atoms with Gasteiger partial charge in [0.25, 0.3) is 0 Å². The van der Waals surface area contributed by atoms with Crippen LogP contribution in [0.25, 0.3) is 22.0 Å². The highest BCUT2D eigenvalue weighted by molar-refractivity contribution is 5.92. The molecule has 0 radical (unpaired) electrons. The molecule has 2 aromatic carbocycles. The van der Waals surface area contributed by atoms with Crippen molar-refractivity contribution in [2.45, 2.75) is 38.6 Å². The number of carbonyl (C=O) groups is 1. The molecule has 5 heteroatoms. The van der Waals surface area contributed by atoms with Gasteiger partial charge in [0.1, 0.15) is 5.52 Å². The molecule has 1 aliphatic rings. The number of fused-ring (bicyclic) bond motifs is 1. The number of hydrogen-bond acceptors (Lipinski definition) is 3. The lowest BCUT2D eigenvalue weighted by Crippen LogP contribution is -2.49. The number of likely N-dealkylation sites (tertiary alicyclic amines) is 1. The van der Waals surface area contributed by atoms with Crippen LogP contribution >= 0.6 is 0 Å². The molecule has 1 aliphatic heterocycles. The van der Waals surface area contributed by atoms with Crippen LogP contribution in [0.5, 0.6) is 5.75 Å². The third-order valence-electron chi connectivity index (χ3n) is 5.88. The number of nitrogens with one attached hydrogen (secondary N) is 1. The Morgan fingerprint density at radius 1 is 1.17 bits per heavy atom. The summed E-state index contributed by atoms with van der Waals surface area (Å²) in [6, 6.07) is 17.1. The Bertz CT molecular complexity index is 1020. The van der Waals surface area contributed by atoms with E-state index in [0.717, 1.165) is 53.6 Å². The summed E-state index contributed by atoms with van der Waals surface area (Å²) in [7, 11) is 1.69. The molecule has 2 heterocycles. The average Bonchev–Trinajstić information content (AvgIpc) is 2.79. The largest absolute Gasteiger partial charge is 0.494 e. The molecule has 1 aromatic heterocycles. The molecule has 1 unspecified atom stereocenters. The molecule has 156 valence electrons. The zero-order valence-corrected chi connectivity index (χ0v) is 17.7. The van der Waals surface area contributed by atoms with E-state index in [1.54, 1.807) is 13.3 Å². The number of hydrogen-bond donors (Lipinski definition) is 1. The maximum absolute atomic E-state index is 12.4. The molecule has 1 fully saturated rings. The number of benzene rings is 2. The Morgan fingerprint density at radius 3 is 2.77 bits per heavy atom. The van der Waals surface area contributed by atoms with Gasteiger partial charge >= 0.3 is 6.03 Å². The topological polar surface area (TPSA) is 54.5 Å². The summed E-state index contributed by atoms with van der Waals surface area (Å²) in [4.78, 5) is 18.9.